The highest BCUT2D eigenvalue weighted by atomic mass is 19.4. The third-order valence-corrected chi connectivity index (χ3v) is 4.09. The molecule has 1 rings (SSSR count). The number of hydrogen-bond donors (Lipinski definition) is 0. The van der Waals surface area contributed by atoms with Crippen LogP contribution in [-0.2, 0) is 10.9 Å². The summed E-state index contributed by atoms with van der Waals surface area (Å²) in [6, 6.07) is 5.56. The molecule has 0 N–H and O–H groups in total. The highest BCUT2D eigenvalue weighted by Gasteiger charge is 2.31. The summed E-state index contributed by atoms with van der Waals surface area (Å²) in [5.41, 5.74) is 0.0291. The standard InChI is InChI=1S/C20H31F3O/c1-4-5-6-7-8-9-10-14-19(24-16(2)3)17-12-11-13-18(15-17)20(21,22)23/h11-13,15-16,19H,4-10,14H2,1-3H3. The number of alkyl halides is 3. The van der Waals surface area contributed by atoms with E-state index < -0.39 is 11.7 Å². The molecule has 1 atom stereocenters. The molecule has 1 aromatic rings. The lowest BCUT2D eigenvalue weighted by Gasteiger charge is -2.22. The fourth-order valence-electron chi connectivity index (χ4n) is 2.84. The molecule has 0 spiro atoms. The van der Waals surface area contributed by atoms with Crippen LogP contribution in [0.5, 0.6) is 0 Å². The van der Waals surface area contributed by atoms with Crippen molar-refractivity contribution >= 4 is 0 Å². The van der Waals surface area contributed by atoms with E-state index in [-0.39, 0.29) is 12.2 Å². The molecule has 4 heteroatoms. The third-order valence-electron chi connectivity index (χ3n) is 4.09. The Bertz CT molecular complexity index is 454. The molecule has 0 saturated heterocycles. The number of halogens is 3. The third kappa shape index (κ3) is 8.18. The lowest BCUT2D eigenvalue weighted by Crippen LogP contribution is -2.12. The molecular formula is C20H31F3O. The van der Waals surface area contributed by atoms with E-state index >= 15 is 0 Å². The van der Waals surface area contributed by atoms with Gasteiger partial charge >= 0.3 is 6.18 Å². The van der Waals surface area contributed by atoms with E-state index in [4.69, 9.17) is 4.74 Å². The van der Waals surface area contributed by atoms with Gasteiger partial charge in [0.05, 0.1) is 17.8 Å². The number of rotatable bonds is 11. The second-order valence-electron chi connectivity index (χ2n) is 6.71. The van der Waals surface area contributed by atoms with Crippen LogP contribution in [0.4, 0.5) is 13.2 Å². The fourth-order valence-corrected chi connectivity index (χ4v) is 2.84. The summed E-state index contributed by atoms with van der Waals surface area (Å²) >= 11 is 0. The highest BCUT2D eigenvalue weighted by molar-refractivity contribution is 5.27. The largest absolute Gasteiger partial charge is 0.416 e. The zero-order chi connectivity index (χ0) is 18.0. The lowest BCUT2D eigenvalue weighted by atomic mass is 9.99. The van der Waals surface area contributed by atoms with Gasteiger partial charge in [0.15, 0.2) is 0 Å². The summed E-state index contributed by atoms with van der Waals surface area (Å²) in [6.07, 6.45) is 4.52. The zero-order valence-electron chi connectivity index (χ0n) is 15.2. The molecule has 138 valence electrons. The maximum Gasteiger partial charge on any atom is 0.416 e. The Morgan fingerprint density at radius 1 is 0.958 bits per heavy atom. The summed E-state index contributed by atoms with van der Waals surface area (Å²) in [5, 5.41) is 0. The molecule has 0 radical (unpaired) electrons. The van der Waals surface area contributed by atoms with Gasteiger partial charge in [-0.25, -0.2) is 0 Å². The van der Waals surface area contributed by atoms with Crippen LogP contribution in [0.1, 0.15) is 89.4 Å². The van der Waals surface area contributed by atoms with Gasteiger partial charge < -0.3 is 4.74 Å². The average Bonchev–Trinajstić information content (AvgIpc) is 2.52. The second-order valence-corrected chi connectivity index (χ2v) is 6.71. The van der Waals surface area contributed by atoms with Crippen molar-refractivity contribution in [2.75, 3.05) is 0 Å². The van der Waals surface area contributed by atoms with Gasteiger partial charge in [-0.3, -0.25) is 0 Å². The predicted molar refractivity (Wildman–Crippen MR) is 93.0 cm³/mol. The minimum atomic E-state index is -4.31. The second kappa shape index (κ2) is 10.8. The van der Waals surface area contributed by atoms with E-state index in [0.29, 0.717) is 5.56 Å². The van der Waals surface area contributed by atoms with Crippen LogP contribution in [-0.4, -0.2) is 6.10 Å². The van der Waals surface area contributed by atoms with Gasteiger partial charge in [-0.1, -0.05) is 64.0 Å². The summed E-state index contributed by atoms with van der Waals surface area (Å²) in [7, 11) is 0. The Morgan fingerprint density at radius 2 is 1.58 bits per heavy atom. The fraction of sp³-hybridized carbons (Fsp3) is 0.700. The van der Waals surface area contributed by atoms with Crippen LogP contribution >= 0.6 is 0 Å². The van der Waals surface area contributed by atoms with Crippen molar-refractivity contribution in [1.82, 2.24) is 0 Å². The van der Waals surface area contributed by atoms with E-state index in [2.05, 4.69) is 6.92 Å². The molecule has 0 aliphatic heterocycles. The van der Waals surface area contributed by atoms with Gasteiger partial charge in [0, 0.05) is 0 Å². The Kier molecular flexibility index (Phi) is 9.42. The van der Waals surface area contributed by atoms with Crippen LogP contribution in [0, 0.1) is 0 Å². The van der Waals surface area contributed by atoms with Crippen molar-refractivity contribution in [3.63, 3.8) is 0 Å². The van der Waals surface area contributed by atoms with Crippen LogP contribution in [0.3, 0.4) is 0 Å². The molecule has 1 nitrogen and oxygen atoms in total. The van der Waals surface area contributed by atoms with Gasteiger partial charge in [-0.15, -0.1) is 0 Å². The molecule has 0 aliphatic rings. The van der Waals surface area contributed by atoms with Crippen molar-refractivity contribution < 1.29 is 17.9 Å². The van der Waals surface area contributed by atoms with Crippen molar-refractivity contribution in [3.05, 3.63) is 35.4 Å². The first kappa shape index (κ1) is 21.0. The molecule has 0 aliphatic carbocycles. The van der Waals surface area contributed by atoms with Crippen molar-refractivity contribution in [2.24, 2.45) is 0 Å². The minimum absolute atomic E-state index is 0.00547. The number of hydrogen-bond acceptors (Lipinski definition) is 1. The van der Waals surface area contributed by atoms with E-state index in [1.165, 1.54) is 44.2 Å². The molecular weight excluding hydrogens is 313 g/mol. The smallest absolute Gasteiger partial charge is 0.371 e. The van der Waals surface area contributed by atoms with Crippen LogP contribution < -0.4 is 0 Å². The molecule has 1 unspecified atom stereocenters. The maximum absolute atomic E-state index is 12.9. The number of benzene rings is 1. The van der Waals surface area contributed by atoms with Gasteiger partial charge in [0.2, 0.25) is 0 Å². The van der Waals surface area contributed by atoms with E-state index in [0.717, 1.165) is 25.3 Å². The number of ether oxygens (including phenoxy) is 1. The van der Waals surface area contributed by atoms with Crippen molar-refractivity contribution in [2.45, 2.75) is 90.5 Å². The molecule has 1 aromatic carbocycles. The summed E-state index contributed by atoms with van der Waals surface area (Å²) in [6.45, 7) is 6.04. The zero-order valence-corrected chi connectivity index (χ0v) is 15.2. The average molecular weight is 344 g/mol. The van der Waals surface area contributed by atoms with E-state index in [1.807, 2.05) is 13.8 Å². The van der Waals surface area contributed by atoms with E-state index in [9.17, 15) is 13.2 Å². The van der Waals surface area contributed by atoms with Crippen LogP contribution in [0.25, 0.3) is 0 Å². The molecule has 0 fully saturated rings. The number of unbranched alkanes of at least 4 members (excludes halogenated alkanes) is 6. The van der Waals surface area contributed by atoms with Crippen molar-refractivity contribution in [1.29, 1.82) is 0 Å². The topological polar surface area (TPSA) is 9.23 Å². The van der Waals surface area contributed by atoms with Gasteiger partial charge in [-0.05, 0) is 38.0 Å². The maximum atomic E-state index is 12.9. The Labute approximate surface area is 144 Å². The summed E-state index contributed by atoms with van der Waals surface area (Å²) < 4.78 is 44.6. The molecule has 0 aromatic heterocycles. The van der Waals surface area contributed by atoms with Crippen LogP contribution in [0.2, 0.25) is 0 Å². The minimum Gasteiger partial charge on any atom is -0.371 e. The van der Waals surface area contributed by atoms with E-state index in [1.54, 1.807) is 6.07 Å². The normalized spacial score (nSPS) is 13.5. The first-order valence-electron chi connectivity index (χ1n) is 9.17. The SMILES string of the molecule is CCCCCCCCCC(OC(C)C)c1cccc(C(F)(F)F)c1. The molecule has 24 heavy (non-hydrogen) atoms. The predicted octanol–water partition coefficient (Wildman–Crippen LogP) is 7.31. The Morgan fingerprint density at radius 3 is 2.17 bits per heavy atom. The Balaban J connectivity index is 2.59. The molecule has 0 bridgehead atoms. The van der Waals surface area contributed by atoms with Crippen molar-refractivity contribution in [3.8, 4) is 0 Å². The molecule has 0 amide bonds. The lowest BCUT2D eigenvalue weighted by molar-refractivity contribution is -0.137. The van der Waals surface area contributed by atoms with Crippen LogP contribution in [0.15, 0.2) is 24.3 Å². The van der Waals surface area contributed by atoms with Gasteiger partial charge in [0.25, 0.3) is 0 Å². The molecule has 0 heterocycles. The first-order valence-corrected chi connectivity index (χ1v) is 9.17. The Hall–Kier alpha value is -1.03. The first-order chi connectivity index (χ1) is 11.3. The molecule has 0 saturated carbocycles. The monoisotopic (exact) mass is 344 g/mol. The summed E-state index contributed by atoms with van der Waals surface area (Å²) in [5.74, 6) is 0. The highest BCUT2D eigenvalue weighted by Crippen LogP contribution is 2.33. The quantitative estimate of drug-likeness (QED) is 0.382. The van der Waals surface area contributed by atoms with Gasteiger partial charge in [0.1, 0.15) is 0 Å². The summed E-state index contributed by atoms with van der Waals surface area (Å²) in [4.78, 5) is 0. The van der Waals surface area contributed by atoms with Gasteiger partial charge in [-0.2, -0.15) is 13.2 Å².